The second-order valence-electron chi connectivity index (χ2n) is 3.98. The minimum absolute atomic E-state index is 0.140. The Balaban J connectivity index is 2.49. The summed E-state index contributed by atoms with van der Waals surface area (Å²) in [6.45, 7) is 3.14. The third kappa shape index (κ3) is 4.88. The lowest BCUT2D eigenvalue weighted by molar-refractivity contribution is -0.141. The van der Waals surface area contributed by atoms with E-state index in [-0.39, 0.29) is 6.54 Å². The third-order valence-electron chi connectivity index (χ3n) is 2.30. The highest BCUT2D eigenvalue weighted by molar-refractivity contribution is 5.82. The molecule has 2 amide bonds. The number of carbonyl (C=O) groups is 2. The summed E-state index contributed by atoms with van der Waals surface area (Å²) >= 11 is 0. The molecule has 0 aromatic carbocycles. The highest BCUT2D eigenvalue weighted by atomic mass is 16.4. The smallest absolute Gasteiger partial charge is 0.328 e. The molecule has 4 N–H and O–H groups in total. The quantitative estimate of drug-likeness (QED) is 0.566. The number of aliphatic hydroxyl groups excluding tert-OH is 1. The van der Waals surface area contributed by atoms with Crippen LogP contribution in [0.4, 0.5) is 4.79 Å². The Morgan fingerprint density at radius 2 is 2.16 bits per heavy atom. The molecule has 0 saturated carbocycles. The van der Waals surface area contributed by atoms with Gasteiger partial charge in [0.25, 0.3) is 0 Å². The molecule has 8 nitrogen and oxygen atoms in total. The Kier molecular flexibility index (Phi) is 5.19. The van der Waals surface area contributed by atoms with Gasteiger partial charge in [0, 0.05) is 6.20 Å². The van der Waals surface area contributed by atoms with E-state index in [0.717, 1.165) is 0 Å². The summed E-state index contributed by atoms with van der Waals surface area (Å²) in [5.74, 6) is -0.727. The van der Waals surface area contributed by atoms with Crippen molar-refractivity contribution in [2.24, 2.45) is 0 Å². The van der Waals surface area contributed by atoms with Crippen LogP contribution in [0.3, 0.4) is 0 Å². The van der Waals surface area contributed by atoms with E-state index in [1.165, 1.54) is 6.92 Å². The zero-order valence-corrected chi connectivity index (χ0v) is 10.6. The van der Waals surface area contributed by atoms with Crippen LogP contribution in [-0.2, 0) is 11.3 Å². The van der Waals surface area contributed by atoms with Crippen LogP contribution in [0.2, 0.25) is 0 Å². The maximum absolute atomic E-state index is 11.5. The zero-order chi connectivity index (χ0) is 14.4. The predicted octanol–water partition coefficient (Wildman–Crippen LogP) is -0.582. The number of nitrogens with zero attached hydrogens (tertiary/aromatic N) is 2. The lowest BCUT2D eigenvalue weighted by Crippen LogP contribution is -2.51. The second kappa shape index (κ2) is 6.64. The number of hydrogen-bond acceptors (Lipinski definition) is 5. The van der Waals surface area contributed by atoms with E-state index in [0.29, 0.717) is 11.5 Å². The molecule has 104 valence electrons. The van der Waals surface area contributed by atoms with Crippen molar-refractivity contribution in [3.05, 3.63) is 23.8 Å². The first-order valence-corrected chi connectivity index (χ1v) is 5.64. The normalized spacial score (nSPS) is 13.4. The number of aliphatic carboxylic acids is 1. The first-order chi connectivity index (χ1) is 8.90. The summed E-state index contributed by atoms with van der Waals surface area (Å²) in [6, 6.07) is -0.409. The maximum Gasteiger partial charge on any atom is 0.328 e. The summed E-state index contributed by atoms with van der Waals surface area (Å²) in [6.07, 6.45) is 0.372. The van der Waals surface area contributed by atoms with Gasteiger partial charge in [-0.25, -0.2) is 19.6 Å². The molecule has 0 spiro atoms. The summed E-state index contributed by atoms with van der Waals surface area (Å²) in [5, 5.41) is 22.6. The largest absolute Gasteiger partial charge is 0.480 e. The number of aromatic nitrogens is 2. The van der Waals surface area contributed by atoms with Crippen molar-refractivity contribution in [1.82, 2.24) is 20.6 Å². The molecule has 1 aromatic rings. The number of rotatable bonds is 5. The Morgan fingerprint density at radius 3 is 2.68 bits per heavy atom. The zero-order valence-electron chi connectivity index (χ0n) is 10.6. The number of carbonyl (C=O) groups excluding carboxylic acids is 1. The lowest BCUT2D eigenvalue weighted by atomic mass is 10.2. The SMILES string of the molecule is Cc1nccc(CNC(=O)N[C@H](C(=O)O)[C@@H](C)O)n1. The summed E-state index contributed by atoms with van der Waals surface area (Å²) < 4.78 is 0. The van der Waals surface area contributed by atoms with Crippen LogP contribution in [0.1, 0.15) is 18.4 Å². The van der Waals surface area contributed by atoms with Crippen LogP contribution < -0.4 is 10.6 Å². The Labute approximate surface area is 109 Å². The third-order valence-corrected chi connectivity index (χ3v) is 2.30. The van der Waals surface area contributed by atoms with Crippen molar-refractivity contribution >= 4 is 12.0 Å². The summed E-state index contributed by atoms with van der Waals surface area (Å²) in [5.41, 5.74) is 0.603. The number of amides is 2. The predicted molar refractivity (Wildman–Crippen MR) is 65.2 cm³/mol. The molecule has 19 heavy (non-hydrogen) atoms. The molecule has 0 unspecified atom stereocenters. The molecule has 8 heteroatoms. The minimum Gasteiger partial charge on any atom is -0.480 e. The molecule has 0 bridgehead atoms. The number of carboxylic acids is 1. The highest BCUT2D eigenvalue weighted by Gasteiger charge is 2.24. The number of aryl methyl sites for hydroxylation is 1. The average molecular weight is 268 g/mol. The van der Waals surface area contributed by atoms with Gasteiger partial charge in [0.05, 0.1) is 18.3 Å². The fraction of sp³-hybridized carbons (Fsp3) is 0.455. The first-order valence-electron chi connectivity index (χ1n) is 5.64. The molecule has 1 aromatic heterocycles. The van der Waals surface area contributed by atoms with Crippen LogP contribution in [0, 0.1) is 6.92 Å². The van der Waals surface area contributed by atoms with Crippen molar-refractivity contribution < 1.29 is 19.8 Å². The van der Waals surface area contributed by atoms with Gasteiger partial charge in [0.1, 0.15) is 5.82 Å². The average Bonchev–Trinajstić information content (AvgIpc) is 2.32. The van der Waals surface area contributed by atoms with Gasteiger partial charge < -0.3 is 20.8 Å². The van der Waals surface area contributed by atoms with Gasteiger partial charge >= 0.3 is 12.0 Å². The van der Waals surface area contributed by atoms with Crippen molar-refractivity contribution in [2.75, 3.05) is 0 Å². The van der Waals surface area contributed by atoms with Gasteiger partial charge in [0.15, 0.2) is 6.04 Å². The van der Waals surface area contributed by atoms with Gasteiger partial charge in [-0.2, -0.15) is 0 Å². The molecular formula is C11H16N4O4. The monoisotopic (exact) mass is 268 g/mol. The minimum atomic E-state index is -1.35. The van der Waals surface area contributed by atoms with Gasteiger partial charge in [-0.3, -0.25) is 0 Å². The van der Waals surface area contributed by atoms with Crippen molar-refractivity contribution in [3.63, 3.8) is 0 Å². The standard InChI is InChI=1S/C11H16N4O4/c1-6(16)9(10(17)18)15-11(19)13-5-8-3-4-12-7(2)14-8/h3-4,6,9,16H,5H2,1-2H3,(H,17,18)(H2,13,15,19)/t6-,9+/m1/s1. The van der Waals surface area contributed by atoms with E-state index in [4.69, 9.17) is 5.11 Å². The maximum atomic E-state index is 11.5. The first kappa shape index (κ1) is 14.8. The van der Waals surface area contributed by atoms with Crippen LogP contribution in [-0.4, -0.2) is 44.3 Å². The molecule has 2 atom stereocenters. The van der Waals surface area contributed by atoms with Crippen LogP contribution in [0.5, 0.6) is 0 Å². The number of carboxylic acid groups (broad SMARTS) is 1. The summed E-state index contributed by atoms with van der Waals surface area (Å²) in [7, 11) is 0. The van der Waals surface area contributed by atoms with Gasteiger partial charge in [-0.1, -0.05) is 0 Å². The summed E-state index contributed by atoms with van der Waals surface area (Å²) in [4.78, 5) is 30.2. The van der Waals surface area contributed by atoms with Crippen molar-refractivity contribution in [1.29, 1.82) is 0 Å². The van der Waals surface area contributed by atoms with E-state index >= 15 is 0 Å². The van der Waals surface area contributed by atoms with Crippen LogP contribution in [0.15, 0.2) is 12.3 Å². The number of aliphatic hydroxyl groups is 1. The van der Waals surface area contributed by atoms with Crippen molar-refractivity contribution in [2.45, 2.75) is 32.5 Å². The van der Waals surface area contributed by atoms with Crippen molar-refractivity contribution in [3.8, 4) is 0 Å². The Hall–Kier alpha value is -2.22. The fourth-order valence-corrected chi connectivity index (χ4v) is 1.36. The molecule has 0 aliphatic heterocycles. The van der Waals surface area contributed by atoms with E-state index in [9.17, 15) is 14.7 Å². The van der Waals surface area contributed by atoms with E-state index in [2.05, 4.69) is 20.6 Å². The van der Waals surface area contributed by atoms with Crippen LogP contribution in [0.25, 0.3) is 0 Å². The Morgan fingerprint density at radius 1 is 1.47 bits per heavy atom. The Bertz CT molecular complexity index is 464. The highest BCUT2D eigenvalue weighted by Crippen LogP contribution is 1.95. The second-order valence-corrected chi connectivity index (χ2v) is 3.98. The molecule has 1 heterocycles. The number of nitrogens with one attached hydrogen (secondary N) is 2. The van der Waals surface area contributed by atoms with Gasteiger partial charge in [-0.15, -0.1) is 0 Å². The van der Waals surface area contributed by atoms with E-state index < -0.39 is 24.1 Å². The van der Waals surface area contributed by atoms with E-state index in [1.54, 1.807) is 19.2 Å². The lowest BCUT2D eigenvalue weighted by Gasteiger charge is -2.17. The molecule has 0 fully saturated rings. The van der Waals surface area contributed by atoms with Crippen LogP contribution >= 0.6 is 0 Å². The molecule has 0 aliphatic rings. The topological polar surface area (TPSA) is 124 Å². The number of urea groups is 1. The van der Waals surface area contributed by atoms with Gasteiger partial charge in [-0.05, 0) is 19.9 Å². The van der Waals surface area contributed by atoms with Gasteiger partial charge in [0.2, 0.25) is 0 Å². The molecule has 0 aliphatic carbocycles. The fourth-order valence-electron chi connectivity index (χ4n) is 1.36. The molecule has 0 radical (unpaired) electrons. The molecular weight excluding hydrogens is 252 g/mol. The van der Waals surface area contributed by atoms with E-state index in [1.807, 2.05) is 0 Å². The molecule has 0 saturated heterocycles. The number of hydrogen-bond donors (Lipinski definition) is 4. The molecule has 1 rings (SSSR count).